The highest BCUT2D eigenvalue weighted by Gasteiger charge is 2.23. The second-order valence-corrected chi connectivity index (χ2v) is 8.68. The zero-order valence-electron chi connectivity index (χ0n) is 12.2. The molecule has 1 nitrogen and oxygen atoms in total. The van der Waals surface area contributed by atoms with Gasteiger partial charge in [-0.2, -0.15) is 0 Å². The highest BCUT2D eigenvalue weighted by atomic mass is 79.9. The van der Waals surface area contributed by atoms with E-state index in [2.05, 4.69) is 58.1 Å². The number of nitrogens with one attached hydrogen (secondary N) is 1. The molecule has 2 saturated carbocycles. The molecule has 0 radical (unpaired) electrons. The van der Waals surface area contributed by atoms with E-state index in [1.165, 1.54) is 53.5 Å². The van der Waals surface area contributed by atoms with Gasteiger partial charge >= 0.3 is 0 Å². The Labute approximate surface area is 135 Å². The zero-order chi connectivity index (χ0) is 13.9. The maximum atomic E-state index is 3.65. The molecule has 1 N–H and O–H groups in total. The van der Waals surface area contributed by atoms with Crippen LogP contribution in [-0.2, 0) is 6.54 Å². The van der Waals surface area contributed by atoms with Gasteiger partial charge < -0.3 is 5.32 Å². The van der Waals surface area contributed by atoms with Crippen molar-refractivity contribution in [2.24, 2.45) is 5.92 Å². The van der Waals surface area contributed by atoms with Gasteiger partial charge in [-0.15, -0.1) is 11.8 Å². The smallest absolute Gasteiger partial charge is 0.0219 e. The topological polar surface area (TPSA) is 12.0 Å². The van der Waals surface area contributed by atoms with E-state index in [0.717, 1.165) is 23.8 Å². The quantitative estimate of drug-likeness (QED) is 0.763. The summed E-state index contributed by atoms with van der Waals surface area (Å²) in [5.41, 5.74) is 1.47. The summed E-state index contributed by atoms with van der Waals surface area (Å²) in [7, 11) is 0. The summed E-state index contributed by atoms with van der Waals surface area (Å²) in [6.45, 7) is 3.43. The first-order valence-corrected chi connectivity index (χ1v) is 9.56. The molecule has 0 saturated heterocycles. The lowest BCUT2D eigenvalue weighted by atomic mass is 9.91. The van der Waals surface area contributed by atoms with Gasteiger partial charge in [0.05, 0.1) is 0 Å². The highest BCUT2D eigenvalue weighted by molar-refractivity contribution is 9.10. The van der Waals surface area contributed by atoms with Crippen LogP contribution in [0.15, 0.2) is 27.6 Å². The van der Waals surface area contributed by atoms with Crippen LogP contribution in [0.1, 0.15) is 51.0 Å². The van der Waals surface area contributed by atoms with Crippen LogP contribution < -0.4 is 5.32 Å². The lowest BCUT2D eigenvalue weighted by molar-refractivity contribution is 0.394. The van der Waals surface area contributed by atoms with Crippen molar-refractivity contribution < 1.29 is 0 Å². The first kappa shape index (κ1) is 14.9. The van der Waals surface area contributed by atoms with Gasteiger partial charge in [-0.3, -0.25) is 0 Å². The van der Waals surface area contributed by atoms with E-state index in [9.17, 15) is 0 Å². The summed E-state index contributed by atoms with van der Waals surface area (Å²) in [5, 5.41) is 4.47. The molecule has 2 aliphatic carbocycles. The summed E-state index contributed by atoms with van der Waals surface area (Å²) >= 11 is 5.73. The predicted molar refractivity (Wildman–Crippen MR) is 91.3 cm³/mol. The van der Waals surface area contributed by atoms with Gasteiger partial charge in [0.25, 0.3) is 0 Å². The predicted octanol–water partition coefficient (Wildman–Crippen LogP) is 5.37. The van der Waals surface area contributed by atoms with E-state index in [1.54, 1.807) is 0 Å². The molecule has 110 valence electrons. The monoisotopic (exact) mass is 353 g/mol. The van der Waals surface area contributed by atoms with E-state index >= 15 is 0 Å². The molecule has 0 bridgehead atoms. The highest BCUT2D eigenvalue weighted by Crippen LogP contribution is 2.38. The first-order chi connectivity index (χ1) is 9.70. The van der Waals surface area contributed by atoms with Crippen LogP contribution >= 0.6 is 27.7 Å². The first-order valence-electron chi connectivity index (χ1n) is 7.89. The SMILES string of the molecule is CC1CCCC(Sc2ccc(Br)cc2CNC2CC2)C1. The number of thioether (sulfide) groups is 1. The fourth-order valence-corrected chi connectivity index (χ4v) is 4.91. The fraction of sp³-hybridized carbons (Fsp3) is 0.647. The summed E-state index contributed by atoms with van der Waals surface area (Å²) in [5.74, 6) is 0.907. The van der Waals surface area contributed by atoms with Crippen LogP contribution in [0.4, 0.5) is 0 Å². The largest absolute Gasteiger partial charge is 0.310 e. The van der Waals surface area contributed by atoms with Crippen molar-refractivity contribution in [3.05, 3.63) is 28.2 Å². The maximum Gasteiger partial charge on any atom is 0.0219 e. The summed E-state index contributed by atoms with van der Waals surface area (Å²) in [4.78, 5) is 1.49. The number of rotatable bonds is 5. The minimum Gasteiger partial charge on any atom is -0.310 e. The molecule has 3 rings (SSSR count). The van der Waals surface area contributed by atoms with Crippen LogP contribution in [0.5, 0.6) is 0 Å². The molecule has 1 aromatic rings. The third-order valence-electron chi connectivity index (χ3n) is 4.36. The molecule has 2 fully saturated rings. The van der Waals surface area contributed by atoms with Gasteiger partial charge in [0.1, 0.15) is 0 Å². The Balaban J connectivity index is 1.66. The van der Waals surface area contributed by atoms with E-state index in [-0.39, 0.29) is 0 Å². The van der Waals surface area contributed by atoms with E-state index in [4.69, 9.17) is 0 Å². The molecule has 3 heteroatoms. The second-order valence-electron chi connectivity index (χ2n) is 6.42. The average molecular weight is 354 g/mol. The zero-order valence-corrected chi connectivity index (χ0v) is 14.6. The van der Waals surface area contributed by atoms with Crippen LogP contribution in [0.25, 0.3) is 0 Å². The van der Waals surface area contributed by atoms with Crippen LogP contribution in [-0.4, -0.2) is 11.3 Å². The van der Waals surface area contributed by atoms with Crippen molar-refractivity contribution in [1.82, 2.24) is 5.32 Å². The summed E-state index contributed by atoms with van der Waals surface area (Å²) in [6.07, 6.45) is 8.32. The fourth-order valence-electron chi connectivity index (χ4n) is 3.01. The molecule has 2 atom stereocenters. The molecule has 2 unspecified atom stereocenters. The van der Waals surface area contributed by atoms with Gasteiger partial charge in [0, 0.05) is 27.2 Å². The molecular weight excluding hydrogens is 330 g/mol. The normalized spacial score (nSPS) is 26.7. The number of halogens is 1. The van der Waals surface area contributed by atoms with Gasteiger partial charge in [-0.1, -0.05) is 35.7 Å². The van der Waals surface area contributed by atoms with E-state index in [0.29, 0.717) is 0 Å². The molecule has 0 aliphatic heterocycles. The van der Waals surface area contributed by atoms with Crippen molar-refractivity contribution in [2.45, 2.75) is 68.2 Å². The Morgan fingerprint density at radius 3 is 2.85 bits per heavy atom. The number of hydrogen-bond donors (Lipinski definition) is 1. The molecule has 1 aromatic carbocycles. The number of hydrogen-bond acceptors (Lipinski definition) is 2. The van der Waals surface area contributed by atoms with E-state index < -0.39 is 0 Å². The third-order valence-corrected chi connectivity index (χ3v) is 6.27. The lowest BCUT2D eigenvalue weighted by Crippen LogP contribution is -2.17. The van der Waals surface area contributed by atoms with Crippen molar-refractivity contribution >= 4 is 27.7 Å². The minimum absolute atomic E-state index is 0.779. The van der Waals surface area contributed by atoms with Crippen molar-refractivity contribution in [2.75, 3.05) is 0 Å². The Kier molecular flexibility index (Phi) is 5.11. The van der Waals surface area contributed by atoms with Gasteiger partial charge in [0.2, 0.25) is 0 Å². The third kappa shape index (κ3) is 4.25. The molecule has 2 aliphatic rings. The number of benzene rings is 1. The lowest BCUT2D eigenvalue weighted by Gasteiger charge is -2.27. The van der Waals surface area contributed by atoms with Gasteiger partial charge in [-0.25, -0.2) is 0 Å². The Hall–Kier alpha value is 0.01000. The maximum absolute atomic E-state index is 3.65. The second kappa shape index (κ2) is 6.85. The Bertz CT molecular complexity index is 458. The minimum atomic E-state index is 0.779. The molecule has 20 heavy (non-hydrogen) atoms. The van der Waals surface area contributed by atoms with Crippen LogP contribution in [0.2, 0.25) is 0 Å². The van der Waals surface area contributed by atoms with Gasteiger partial charge in [0.15, 0.2) is 0 Å². The van der Waals surface area contributed by atoms with Gasteiger partial charge in [-0.05, 0) is 55.4 Å². The van der Waals surface area contributed by atoms with Crippen molar-refractivity contribution in [3.63, 3.8) is 0 Å². The molecule has 0 spiro atoms. The van der Waals surface area contributed by atoms with Crippen LogP contribution in [0.3, 0.4) is 0 Å². The summed E-state index contributed by atoms with van der Waals surface area (Å²) in [6, 6.07) is 7.57. The van der Waals surface area contributed by atoms with Crippen molar-refractivity contribution in [1.29, 1.82) is 0 Å². The molecular formula is C17H24BrNS. The Morgan fingerprint density at radius 2 is 2.10 bits per heavy atom. The van der Waals surface area contributed by atoms with Crippen LogP contribution in [0, 0.1) is 5.92 Å². The molecule has 0 amide bonds. The van der Waals surface area contributed by atoms with Crippen molar-refractivity contribution in [3.8, 4) is 0 Å². The van der Waals surface area contributed by atoms with E-state index in [1.807, 2.05) is 0 Å². The molecule has 0 heterocycles. The average Bonchev–Trinajstić information content (AvgIpc) is 3.23. The summed E-state index contributed by atoms with van der Waals surface area (Å²) < 4.78 is 1.20. The molecule has 0 aromatic heterocycles. The standard InChI is InChI=1S/C17H24BrNS/c1-12-3-2-4-16(9-12)20-17-8-5-14(18)10-13(17)11-19-15-6-7-15/h5,8,10,12,15-16,19H,2-4,6-7,9,11H2,1H3. The Morgan fingerprint density at radius 1 is 1.25 bits per heavy atom.